The average Bonchev–Trinajstić information content (AvgIpc) is 2.85. The SMILES string of the molecule is CC1CC(=O)Nc2cc(S(=O)(=O)N3CCCN(Cc4ccc(F)cc4)C3)ccc2S1. The molecule has 2 heterocycles. The van der Waals surface area contributed by atoms with Crippen LogP contribution in [0.3, 0.4) is 0 Å². The second-order valence-electron chi connectivity index (χ2n) is 7.69. The zero-order valence-corrected chi connectivity index (χ0v) is 18.3. The van der Waals surface area contributed by atoms with Crippen LogP contribution in [0, 0.1) is 5.82 Å². The number of hydrogen-bond donors (Lipinski definition) is 1. The van der Waals surface area contributed by atoms with E-state index in [1.165, 1.54) is 16.4 Å². The summed E-state index contributed by atoms with van der Waals surface area (Å²) in [6.45, 7) is 4.03. The minimum Gasteiger partial charge on any atom is -0.325 e. The molecule has 1 saturated heterocycles. The summed E-state index contributed by atoms with van der Waals surface area (Å²) in [6.07, 6.45) is 1.11. The number of nitrogens with zero attached hydrogens (tertiary/aromatic N) is 2. The number of benzene rings is 2. The number of hydrogen-bond acceptors (Lipinski definition) is 5. The second kappa shape index (κ2) is 8.66. The van der Waals surface area contributed by atoms with E-state index in [0.29, 0.717) is 25.2 Å². The zero-order chi connectivity index (χ0) is 21.3. The lowest BCUT2D eigenvalue weighted by atomic mass is 10.2. The molecule has 1 fully saturated rings. The van der Waals surface area contributed by atoms with Crippen LogP contribution in [-0.2, 0) is 21.4 Å². The molecule has 1 N–H and O–H groups in total. The third kappa shape index (κ3) is 4.69. The molecule has 30 heavy (non-hydrogen) atoms. The van der Waals surface area contributed by atoms with Crippen molar-refractivity contribution in [2.75, 3.05) is 25.1 Å². The summed E-state index contributed by atoms with van der Waals surface area (Å²) in [5.74, 6) is -0.392. The Morgan fingerprint density at radius 2 is 1.93 bits per heavy atom. The van der Waals surface area contributed by atoms with Crippen LogP contribution in [0.5, 0.6) is 0 Å². The van der Waals surface area contributed by atoms with Gasteiger partial charge in [0.15, 0.2) is 0 Å². The normalized spacial score (nSPS) is 21.0. The molecular formula is C21H24FN3O3S2. The first kappa shape index (κ1) is 21.3. The van der Waals surface area contributed by atoms with Crippen molar-refractivity contribution >= 4 is 33.4 Å². The van der Waals surface area contributed by atoms with Crippen LogP contribution in [0.4, 0.5) is 10.1 Å². The molecule has 2 aliphatic heterocycles. The van der Waals surface area contributed by atoms with Crippen molar-refractivity contribution in [3.05, 3.63) is 53.8 Å². The summed E-state index contributed by atoms with van der Waals surface area (Å²) in [6, 6.07) is 11.2. The van der Waals surface area contributed by atoms with Crippen LogP contribution in [0.15, 0.2) is 52.3 Å². The zero-order valence-electron chi connectivity index (χ0n) is 16.7. The lowest BCUT2D eigenvalue weighted by Crippen LogP contribution is -2.47. The van der Waals surface area contributed by atoms with Crippen molar-refractivity contribution < 1.29 is 17.6 Å². The van der Waals surface area contributed by atoms with Crippen molar-refractivity contribution in [2.45, 2.75) is 41.4 Å². The van der Waals surface area contributed by atoms with Gasteiger partial charge in [0.25, 0.3) is 0 Å². The van der Waals surface area contributed by atoms with Gasteiger partial charge in [0, 0.05) is 36.2 Å². The molecule has 9 heteroatoms. The van der Waals surface area contributed by atoms with Crippen LogP contribution in [0.25, 0.3) is 0 Å². The molecule has 160 valence electrons. The third-order valence-corrected chi connectivity index (χ3v) is 8.23. The van der Waals surface area contributed by atoms with Gasteiger partial charge in [-0.3, -0.25) is 9.69 Å². The highest BCUT2D eigenvalue weighted by molar-refractivity contribution is 8.00. The van der Waals surface area contributed by atoms with Crippen molar-refractivity contribution in [1.82, 2.24) is 9.21 Å². The molecule has 1 amide bonds. The van der Waals surface area contributed by atoms with E-state index in [9.17, 15) is 17.6 Å². The van der Waals surface area contributed by atoms with Crippen LogP contribution < -0.4 is 5.32 Å². The van der Waals surface area contributed by atoms with Gasteiger partial charge in [-0.2, -0.15) is 4.31 Å². The van der Waals surface area contributed by atoms with Gasteiger partial charge in [0.05, 0.1) is 17.3 Å². The summed E-state index contributed by atoms with van der Waals surface area (Å²) in [7, 11) is -3.70. The summed E-state index contributed by atoms with van der Waals surface area (Å²) in [5, 5.41) is 2.97. The minimum absolute atomic E-state index is 0.105. The van der Waals surface area contributed by atoms with Gasteiger partial charge in [0.1, 0.15) is 5.82 Å². The topological polar surface area (TPSA) is 69.7 Å². The van der Waals surface area contributed by atoms with Crippen molar-refractivity contribution in [2.24, 2.45) is 0 Å². The van der Waals surface area contributed by atoms with Crippen molar-refractivity contribution in [3.8, 4) is 0 Å². The molecular weight excluding hydrogens is 425 g/mol. The summed E-state index contributed by atoms with van der Waals surface area (Å²) in [5.41, 5.74) is 1.49. The van der Waals surface area contributed by atoms with E-state index in [0.717, 1.165) is 23.4 Å². The van der Waals surface area contributed by atoms with Gasteiger partial charge < -0.3 is 5.32 Å². The largest absolute Gasteiger partial charge is 0.325 e. The number of carbonyl (C=O) groups excluding carboxylic acids is 1. The predicted molar refractivity (Wildman–Crippen MR) is 115 cm³/mol. The number of halogens is 1. The van der Waals surface area contributed by atoms with E-state index in [1.807, 2.05) is 11.8 Å². The molecule has 2 aromatic carbocycles. The number of carbonyl (C=O) groups is 1. The van der Waals surface area contributed by atoms with Gasteiger partial charge in [-0.15, -0.1) is 11.8 Å². The van der Waals surface area contributed by atoms with E-state index in [2.05, 4.69) is 5.32 Å². The highest BCUT2D eigenvalue weighted by atomic mass is 32.2. The Hall–Kier alpha value is -1.94. The highest BCUT2D eigenvalue weighted by Gasteiger charge is 2.30. The van der Waals surface area contributed by atoms with Gasteiger partial charge >= 0.3 is 0 Å². The lowest BCUT2D eigenvalue weighted by molar-refractivity contribution is -0.116. The number of nitrogens with one attached hydrogen (secondary N) is 1. The average molecular weight is 450 g/mol. The molecule has 4 rings (SSSR count). The lowest BCUT2D eigenvalue weighted by Gasteiger charge is -2.35. The van der Waals surface area contributed by atoms with Gasteiger partial charge in [-0.1, -0.05) is 19.1 Å². The Balaban J connectivity index is 1.53. The Labute approximate surface area is 180 Å². The van der Waals surface area contributed by atoms with Crippen molar-refractivity contribution in [1.29, 1.82) is 0 Å². The quantitative estimate of drug-likeness (QED) is 0.774. The number of sulfonamides is 1. The van der Waals surface area contributed by atoms with Crippen LogP contribution >= 0.6 is 11.8 Å². The highest BCUT2D eigenvalue weighted by Crippen LogP contribution is 2.36. The molecule has 2 aromatic rings. The number of rotatable bonds is 4. The van der Waals surface area contributed by atoms with Gasteiger partial charge in [-0.05, 0) is 42.3 Å². The first-order chi connectivity index (χ1) is 14.3. The Bertz CT molecular complexity index is 1040. The number of anilines is 1. The number of thioether (sulfide) groups is 1. The van der Waals surface area contributed by atoms with Gasteiger partial charge in [-0.25, -0.2) is 12.8 Å². The third-order valence-electron chi connectivity index (χ3n) is 5.22. The molecule has 0 aromatic heterocycles. The van der Waals surface area contributed by atoms with Crippen LogP contribution in [-0.4, -0.2) is 48.5 Å². The minimum atomic E-state index is -3.70. The summed E-state index contributed by atoms with van der Waals surface area (Å²) in [4.78, 5) is 15.1. The van der Waals surface area contributed by atoms with E-state index >= 15 is 0 Å². The smallest absolute Gasteiger partial charge is 0.244 e. The Morgan fingerprint density at radius 1 is 1.17 bits per heavy atom. The molecule has 0 spiro atoms. The molecule has 6 nitrogen and oxygen atoms in total. The molecule has 1 atom stereocenters. The maximum atomic E-state index is 13.3. The van der Waals surface area contributed by atoms with Crippen LogP contribution in [0.1, 0.15) is 25.3 Å². The fourth-order valence-electron chi connectivity index (χ4n) is 3.75. The fraction of sp³-hybridized carbons (Fsp3) is 0.381. The van der Waals surface area contributed by atoms with E-state index in [1.54, 1.807) is 42.1 Å². The first-order valence-corrected chi connectivity index (χ1v) is 12.2. The maximum absolute atomic E-state index is 13.3. The van der Waals surface area contributed by atoms with Crippen molar-refractivity contribution in [3.63, 3.8) is 0 Å². The van der Waals surface area contributed by atoms with E-state index < -0.39 is 10.0 Å². The number of amides is 1. The maximum Gasteiger partial charge on any atom is 0.244 e. The first-order valence-electron chi connectivity index (χ1n) is 9.89. The van der Waals surface area contributed by atoms with Crippen LogP contribution in [0.2, 0.25) is 0 Å². The molecule has 0 radical (unpaired) electrons. The van der Waals surface area contributed by atoms with E-state index in [4.69, 9.17) is 0 Å². The fourth-order valence-corrected chi connectivity index (χ4v) is 6.29. The molecule has 1 unspecified atom stereocenters. The number of fused-ring (bicyclic) bond motifs is 1. The Kier molecular flexibility index (Phi) is 6.15. The predicted octanol–water partition coefficient (Wildman–Crippen LogP) is 3.50. The molecule has 2 aliphatic rings. The molecule has 0 bridgehead atoms. The summed E-state index contributed by atoms with van der Waals surface area (Å²) >= 11 is 1.57. The Morgan fingerprint density at radius 3 is 2.70 bits per heavy atom. The standard InChI is InChI=1S/C21H24FN3O3S2/c1-15-11-21(26)23-19-12-18(7-8-20(19)29-15)30(27,28)25-10-2-9-24(14-25)13-16-3-5-17(22)6-4-16/h3-8,12,15H,2,9-11,13-14H2,1H3,(H,23,26). The molecule has 0 saturated carbocycles. The second-order valence-corrected chi connectivity index (χ2v) is 11.1. The van der Waals surface area contributed by atoms with E-state index in [-0.39, 0.29) is 28.5 Å². The summed E-state index contributed by atoms with van der Waals surface area (Å²) < 4.78 is 41.2. The molecule has 0 aliphatic carbocycles. The monoisotopic (exact) mass is 449 g/mol. The van der Waals surface area contributed by atoms with Gasteiger partial charge in [0.2, 0.25) is 15.9 Å².